The van der Waals surface area contributed by atoms with Crippen LogP contribution in [-0.4, -0.2) is 23.3 Å². The van der Waals surface area contributed by atoms with Crippen molar-refractivity contribution in [3.05, 3.63) is 34.6 Å². The van der Waals surface area contributed by atoms with Crippen LogP contribution in [0.4, 0.5) is 4.39 Å². The molecule has 0 radical (unpaired) electrons. The van der Waals surface area contributed by atoms with Gasteiger partial charge in [-0.1, -0.05) is 24.1 Å². The number of nitrogens with one attached hydrogen (secondary N) is 1. The molecule has 2 nitrogen and oxygen atoms in total. The fourth-order valence-electron chi connectivity index (χ4n) is 2.79. The highest BCUT2D eigenvalue weighted by molar-refractivity contribution is 6.30. The number of hydrogen-bond acceptors (Lipinski definition) is 2. The highest BCUT2D eigenvalue weighted by Gasteiger charge is 2.26. The first-order valence-corrected chi connectivity index (χ1v) is 7.24. The number of aliphatic hydroxyl groups is 1. The Morgan fingerprint density at radius 2 is 2.26 bits per heavy atom. The van der Waals surface area contributed by atoms with Gasteiger partial charge in [-0.3, -0.25) is 0 Å². The van der Waals surface area contributed by atoms with Crippen molar-refractivity contribution in [3.63, 3.8) is 0 Å². The van der Waals surface area contributed by atoms with E-state index in [1.165, 1.54) is 18.9 Å². The smallest absolute Gasteiger partial charge is 0.141 e. The third-order valence-electron chi connectivity index (χ3n) is 3.67. The van der Waals surface area contributed by atoms with Crippen molar-refractivity contribution < 1.29 is 9.50 Å². The minimum atomic E-state index is -0.795. The number of piperidine rings is 1. The van der Waals surface area contributed by atoms with E-state index in [1.807, 2.05) is 6.92 Å². The minimum Gasteiger partial charge on any atom is -0.390 e. The summed E-state index contributed by atoms with van der Waals surface area (Å²) < 4.78 is 13.1. The highest BCUT2D eigenvalue weighted by atomic mass is 35.5. The summed E-state index contributed by atoms with van der Waals surface area (Å²) >= 11 is 5.77. The molecule has 1 aliphatic heterocycles. The van der Waals surface area contributed by atoms with Crippen molar-refractivity contribution in [1.29, 1.82) is 0 Å². The minimum absolute atomic E-state index is 0.115. The van der Waals surface area contributed by atoms with Gasteiger partial charge in [0.2, 0.25) is 0 Å². The Kier molecular flexibility index (Phi) is 4.82. The van der Waals surface area contributed by atoms with Crippen LogP contribution in [0.2, 0.25) is 5.02 Å². The van der Waals surface area contributed by atoms with Crippen LogP contribution < -0.4 is 5.32 Å². The molecule has 1 heterocycles. The van der Waals surface area contributed by atoms with Gasteiger partial charge >= 0.3 is 0 Å². The second-order valence-corrected chi connectivity index (χ2v) is 6.18. The van der Waals surface area contributed by atoms with Crippen LogP contribution in [0.1, 0.15) is 38.2 Å². The highest BCUT2D eigenvalue weighted by Crippen LogP contribution is 2.24. The van der Waals surface area contributed by atoms with Crippen molar-refractivity contribution in [2.24, 2.45) is 0 Å². The monoisotopic (exact) mass is 285 g/mol. The summed E-state index contributed by atoms with van der Waals surface area (Å²) in [6.45, 7) is 2.86. The first-order valence-electron chi connectivity index (χ1n) is 6.86. The summed E-state index contributed by atoms with van der Waals surface area (Å²) in [5, 5.41) is 14.1. The van der Waals surface area contributed by atoms with Crippen LogP contribution in [0.25, 0.3) is 0 Å². The quantitative estimate of drug-likeness (QED) is 0.890. The summed E-state index contributed by atoms with van der Waals surface area (Å²) in [6, 6.07) is 5.01. The molecule has 1 aromatic rings. The van der Waals surface area contributed by atoms with Gasteiger partial charge in [-0.05, 0) is 50.4 Å². The topological polar surface area (TPSA) is 32.3 Å². The lowest BCUT2D eigenvalue weighted by atomic mass is 9.87. The van der Waals surface area contributed by atoms with Crippen molar-refractivity contribution >= 4 is 11.6 Å². The van der Waals surface area contributed by atoms with Gasteiger partial charge < -0.3 is 10.4 Å². The van der Waals surface area contributed by atoms with E-state index in [-0.39, 0.29) is 5.02 Å². The third kappa shape index (κ3) is 4.44. The number of halogens is 2. The maximum Gasteiger partial charge on any atom is 0.141 e. The molecule has 2 atom stereocenters. The Morgan fingerprint density at radius 3 is 2.89 bits per heavy atom. The summed E-state index contributed by atoms with van der Waals surface area (Å²) in [7, 11) is 0. The maximum atomic E-state index is 13.1. The Labute approximate surface area is 119 Å². The molecule has 1 aromatic carbocycles. The lowest BCUT2D eigenvalue weighted by molar-refractivity contribution is 0.0371. The van der Waals surface area contributed by atoms with Gasteiger partial charge in [-0.15, -0.1) is 0 Å². The molecule has 0 aromatic heterocycles. The van der Waals surface area contributed by atoms with Crippen molar-refractivity contribution in [2.45, 2.75) is 50.7 Å². The Hall–Kier alpha value is -0.640. The lowest BCUT2D eigenvalue weighted by Crippen LogP contribution is -2.41. The molecule has 106 valence electrons. The molecular formula is C15H21ClFNO. The van der Waals surface area contributed by atoms with Crippen LogP contribution in [0.5, 0.6) is 0 Å². The largest absolute Gasteiger partial charge is 0.390 e. The molecule has 1 fully saturated rings. The van der Waals surface area contributed by atoms with E-state index in [0.29, 0.717) is 18.9 Å². The van der Waals surface area contributed by atoms with E-state index in [2.05, 4.69) is 5.32 Å². The molecular weight excluding hydrogens is 265 g/mol. The first kappa shape index (κ1) is 14.8. The van der Waals surface area contributed by atoms with Gasteiger partial charge in [0.15, 0.2) is 0 Å². The van der Waals surface area contributed by atoms with Crippen LogP contribution >= 0.6 is 11.6 Å². The van der Waals surface area contributed by atoms with Gasteiger partial charge in [0.05, 0.1) is 10.6 Å². The second kappa shape index (κ2) is 6.21. The van der Waals surface area contributed by atoms with E-state index < -0.39 is 11.4 Å². The van der Waals surface area contributed by atoms with Gasteiger partial charge in [0.25, 0.3) is 0 Å². The van der Waals surface area contributed by atoms with E-state index in [9.17, 15) is 9.50 Å². The fourth-order valence-corrected chi connectivity index (χ4v) is 2.99. The Balaban J connectivity index is 1.96. The SMILES string of the molecule is CC(O)(Cc1ccc(F)c(Cl)c1)CC1CCCCN1. The van der Waals surface area contributed by atoms with Crippen molar-refractivity contribution in [1.82, 2.24) is 5.32 Å². The first-order chi connectivity index (χ1) is 8.96. The summed E-state index contributed by atoms with van der Waals surface area (Å²) in [5.74, 6) is -0.418. The molecule has 1 aliphatic rings. The number of hydrogen-bond donors (Lipinski definition) is 2. The van der Waals surface area contributed by atoms with E-state index in [1.54, 1.807) is 12.1 Å². The second-order valence-electron chi connectivity index (χ2n) is 5.77. The molecule has 1 saturated heterocycles. The van der Waals surface area contributed by atoms with Crippen molar-refractivity contribution in [3.8, 4) is 0 Å². The average molecular weight is 286 g/mol. The molecule has 0 bridgehead atoms. The summed E-state index contributed by atoms with van der Waals surface area (Å²) in [6.07, 6.45) is 4.75. The van der Waals surface area contributed by atoms with Crippen LogP contribution in [0.15, 0.2) is 18.2 Å². The van der Waals surface area contributed by atoms with Gasteiger partial charge in [-0.2, -0.15) is 0 Å². The van der Waals surface area contributed by atoms with Crippen molar-refractivity contribution in [2.75, 3.05) is 6.54 Å². The van der Waals surface area contributed by atoms with E-state index in [4.69, 9.17) is 11.6 Å². The predicted molar refractivity (Wildman–Crippen MR) is 76.0 cm³/mol. The maximum absolute atomic E-state index is 13.1. The molecule has 0 aliphatic carbocycles. The molecule has 4 heteroatoms. The molecule has 2 rings (SSSR count). The zero-order chi connectivity index (χ0) is 13.9. The average Bonchev–Trinajstić information content (AvgIpc) is 2.34. The number of rotatable bonds is 4. The Morgan fingerprint density at radius 1 is 1.47 bits per heavy atom. The van der Waals surface area contributed by atoms with E-state index in [0.717, 1.165) is 18.5 Å². The third-order valence-corrected chi connectivity index (χ3v) is 3.96. The van der Waals surface area contributed by atoms with E-state index >= 15 is 0 Å². The van der Waals surface area contributed by atoms with Gasteiger partial charge in [-0.25, -0.2) is 4.39 Å². The predicted octanol–water partition coefficient (Wildman–Crippen LogP) is 3.30. The standard InChI is InChI=1S/C15H21ClFNO/c1-15(19,10-12-4-2-3-7-18-12)9-11-5-6-14(17)13(16)8-11/h5-6,8,12,18-19H,2-4,7,9-10H2,1H3. The lowest BCUT2D eigenvalue weighted by Gasteiger charge is -2.31. The normalized spacial score (nSPS) is 23.1. The number of benzene rings is 1. The van der Waals surface area contributed by atoms with Gasteiger partial charge in [0.1, 0.15) is 5.82 Å². The molecule has 0 spiro atoms. The summed E-state index contributed by atoms with van der Waals surface area (Å²) in [4.78, 5) is 0. The molecule has 0 saturated carbocycles. The molecule has 0 amide bonds. The molecule has 2 unspecified atom stereocenters. The van der Waals surface area contributed by atoms with Crippen LogP contribution in [0, 0.1) is 5.82 Å². The van der Waals surface area contributed by atoms with Gasteiger partial charge in [0, 0.05) is 12.5 Å². The Bertz CT molecular complexity index is 430. The zero-order valence-electron chi connectivity index (χ0n) is 11.3. The van der Waals surface area contributed by atoms with Crippen LogP contribution in [-0.2, 0) is 6.42 Å². The zero-order valence-corrected chi connectivity index (χ0v) is 12.0. The van der Waals surface area contributed by atoms with Crippen LogP contribution in [0.3, 0.4) is 0 Å². The fraction of sp³-hybridized carbons (Fsp3) is 0.600. The molecule has 2 N–H and O–H groups in total. The molecule has 19 heavy (non-hydrogen) atoms. The summed E-state index contributed by atoms with van der Waals surface area (Å²) in [5.41, 5.74) is 0.0723.